The highest BCUT2D eigenvalue weighted by Gasteiger charge is 2.25. The number of hydrogen-bond acceptors (Lipinski definition) is 2. The van der Waals surface area contributed by atoms with Crippen LogP contribution < -0.4 is 5.32 Å². The minimum absolute atomic E-state index is 0.136. The van der Waals surface area contributed by atoms with E-state index in [4.69, 9.17) is 0 Å². The summed E-state index contributed by atoms with van der Waals surface area (Å²) >= 11 is 0. The number of rotatable bonds is 1. The Hall–Kier alpha value is -1.76. The predicted molar refractivity (Wildman–Crippen MR) is 57.5 cm³/mol. The summed E-state index contributed by atoms with van der Waals surface area (Å²) in [5.41, 5.74) is -0.430. The summed E-state index contributed by atoms with van der Waals surface area (Å²) in [7, 11) is 0. The standard InChI is InChI=1S/C11H11F3N2O2/c12-7-3-9(14)10(4-8(7)13)15-11(18)16-2-1-6(17)5-16/h3-4,6,17H,1-2,5H2,(H,15,18)/t6-/m1/s1. The number of aliphatic hydroxyl groups excluding tert-OH is 1. The van der Waals surface area contributed by atoms with Crippen molar-refractivity contribution in [2.24, 2.45) is 0 Å². The van der Waals surface area contributed by atoms with E-state index in [1.165, 1.54) is 4.90 Å². The van der Waals surface area contributed by atoms with Crippen molar-refractivity contribution in [2.45, 2.75) is 12.5 Å². The van der Waals surface area contributed by atoms with Gasteiger partial charge in [0.25, 0.3) is 0 Å². The van der Waals surface area contributed by atoms with E-state index in [1.807, 2.05) is 0 Å². The maximum absolute atomic E-state index is 13.3. The van der Waals surface area contributed by atoms with Gasteiger partial charge in [0.2, 0.25) is 0 Å². The molecule has 1 aliphatic heterocycles. The van der Waals surface area contributed by atoms with Gasteiger partial charge < -0.3 is 15.3 Å². The van der Waals surface area contributed by atoms with Crippen LogP contribution in [0.2, 0.25) is 0 Å². The summed E-state index contributed by atoms with van der Waals surface area (Å²) in [4.78, 5) is 12.9. The Morgan fingerprint density at radius 3 is 2.56 bits per heavy atom. The molecule has 1 aromatic rings. The normalized spacial score (nSPS) is 19.1. The van der Waals surface area contributed by atoms with Gasteiger partial charge in [-0.25, -0.2) is 18.0 Å². The smallest absolute Gasteiger partial charge is 0.322 e. The lowest BCUT2D eigenvalue weighted by atomic mass is 10.3. The Labute approximate surface area is 101 Å². The van der Waals surface area contributed by atoms with Gasteiger partial charge in [-0.15, -0.1) is 0 Å². The van der Waals surface area contributed by atoms with E-state index in [9.17, 15) is 23.1 Å². The number of β-amino-alcohol motifs (C(OH)–C–C–N with tert-alkyl or cyclic N) is 1. The number of hydrogen-bond donors (Lipinski definition) is 2. The molecule has 18 heavy (non-hydrogen) atoms. The molecule has 2 N–H and O–H groups in total. The van der Waals surface area contributed by atoms with Gasteiger partial charge >= 0.3 is 6.03 Å². The average molecular weight is 260 g/mol. The highest BCUT2D eigenvalue weighted by Crippen LogP contribution is 2.19. The van der Waals surface area contributed by atoms with Gasteiger partial charge in [0, 0.05) is 25.2 Å². The van der Waals surface area contributed by atoms with Crippen LogP contribution in [0, 0.1) is 17.5 Å². The van der Waals surface area contributed by atoms with E-state index in [1.54, 1.807) is 0 Å². The van der Waals surface area contributed by atoms with E-state index < -0.39 is 35.3 Å². The van der Waals surface area contributed by atoms with E-state index in [2.05, 4.69) is 5.32 Å². The number of carbonyl (C=O) groups is 1. The molecule has 1 fully saturated rings. The predicted octanol–water partition coefficient (Wildman–Crippen LogP) is 1.70. The second-order valence-corrected chi connectivity index (χ2v) is 4.06. The van der Waals surface area contributed by atoms with Crippen LogP contribution in [0.1, 0.15) is 6.42 Å². The number of halogens is 3. The second-order valence-electron chi connectivity index (χ2n) is 4.06. The van der Waals surface area contributed by atoms with Crippen molar-refractivity contribution in [3.05, 3.63) is 29.6 Å². The molecular formula is C11H11F3N2O2. The molecule has 0 spiro atoms. The molecule has 7 heteroatoms. The van der Waals surface area contributed by atoms with Gasteiger partial charge in [-0.1, -0.05) is 0 Å². The van der Waals surface area contributed by atoms with Crippen LogP contribution in [0.3, 0.4) is 0 Å². The molecule has 2 amide bonds. The third-order valence-electron chi connectivity index (χ3n) is 2.70. The average Bonchev–Trinajstić information content (AvgIpc) is 2.73. The van der Waals surface area contributed by atoms with Gasteiger partial charge in [0.1, 0.15) is 5.82 Å². The highest BCUT2D eigenvalue weighted by atomic mass is 19.2. The fraction of sp³-hybridized carbons (Fsp3) is 0.364. The number of nitrogens with zero attached hydrogens (tertiary/aromatic N) is 1. The molecule has 0 bridgehead atoms. The number of aliphatic hydroxyl groups is 1. The van der Waals surface area contributed by atoms with Crippen molar-refractivity contribution in [2.75, 3.05) is 18.4 Å². The molecule has 4 nitrogen and oxygen atoms in total. The zero-order chi connectivity index (χ0) is 13.3. The maximum atomic E-state index is 13.3. The summed E-state index contributed by atoms with van der Waals surface area (Å²) in [5, 5.41) is 11.4. The highest BCUT2D eigenvalue weighted by molar-refractivity contribution is 5.89. The Morgan fingerprint density at radius 2 is 1.94 bits per heavy atom. The monoisotopic (exact) mass is 260 g/mol. The van der Waals surface area contributed by atoms with E-state index in [0.717, 1.165) is 0 Å². The lowest BCUT2D eigenvalue weighted by Crippen LogP contribution is -2.33. The lowest BCUT2D eigenvalue weighted by molar-refractivity contribution is 0.176. The van der Waals surface area contributed by atoms with Gasteiger partial charge in [0.05, 0.1) is 11.8 Å². The van der Waals surface area contributed by atoms with Gasteiger partial charge in [-0.05, 0) is 6.42 Å². The van der Waals surface area contributed by atoms with Gasteiger partial charge in [-0.3, -0.25) is 0 Å². The van der Waals surface area contributed by atoms with Gasteiger partial charge in [0.15, 0.2) is 11.6 Å². The molecule has 1 heterocycles. The summed E-state index contributed by atoms with van der Waals surface area (Å²) in [5.74, 6) is -3.61. The lowest BCUT2D eigenvalue weighted by Gasteiger charge is -2.16. The van der Waals surface area contributed by atoms with Crippen LogP contribution in [-0.4, -0.2) is 35.2 Å². The fourth-order valence-electron chi connectivity index (χ4n) is 1.74. The second kappa shape index (κ2) is 4.85. The largest absolute Gasteiger partial charge is 0.391 e. The zero-order valence-corrected chi connectivity index (χ0v) is 9.29. The first-order valence-corrected chi connectivity index (χ1v) is 5.36. The van der Waals surface area contributed by atoms with Crippen molar-refractivity contribution in [3.8, 4) is 0 Å². The number of benzene rings is 1. The Morgan fingerprint density at radius 1 is 1.28 bits per heavy atom. The summed E-state index contributed by atoms with van der Waals surface area (Å²) in [6, 6.07) is 0.287. The van der Waals surface area contributed by atoms with Crippen molar-refractivity contribution < 1.29 is 23.1 Å². The van der Waals surface area contributed by atoms with Crippen LogP contribution in [0.25, 0.3) is 0 Å². The summed E-state index contributed by atoms with van der Waals surface area (Å²) < 4.78 is 38.8. The van der Waals surface area contributed by atoms with Crippen LogP contribution in [0.15, 0.2) is 12.1 Å². The molecule has 1 aromatic carbocycles. The third kappa shape index (κ3) is 2.56. The molecule has 0 saturated carbocycles. The molecule has 0 radical (unpaired) electrons. The number of carbonyl (C=O) groups excluding carboxylic acids is 1. The Balaban J connectivity index is 2.09. The third-order valence-corrected chi connectivity index (χ3v) is 2.70. The minimum atomic E-state index is -1.32. The summed E-state index contributed by atoms with van der Waals surface area (Å²) in [6.07, 6.45) is -0.168. The Bertz CT molecular complexity index is 482. The van der Waals surface area contributed by atoms with Crippen molar-refractivity contribution >= 4 is 11.7 Å². The maximum Gasteiger partial charge on any atom is 0.322 e. The molecule has 1 atom stereocenters. The first kappa shape index (κ1) is 12.7. The molecule has 1 saturated heterocycles. The fourth-order valence-corrected chi connectivity index (χ4v) is 1.74. The first-order valence-electron chi connectivity index (χ1n) is 5.36. The molecule has 0 aliphatic carbocycles. The van der Waals surface area contributed by atoms with Crippen LogP contribution in [-0.2, 0) is 0 Å². The number of amides is 2. The van der Waals surface area contributed by atoms with Crippen molar-refractivity contribution in [1.29, 1.82) is 0 Å². The van der Waals surface area contributed by atoms with Crippen LogP contribution in [0.4, 0.5) is 23.7 Å². The molecule has 0 unspecified atom stereocenters. The molecule has 0 aromatic heterocycles. The number of likely N-dealkylation sites (tertiary alicyclic amines) is 1. The molecular weight excluding hydrogens is 249 g/mol. The summed E-state index contributed by atoms with van der Waals surface area (Å²) in [6.45, 7) is 0.468. The topological polar surface area (TPSA) is 52.6 Å². The van der Waals surface area contributed by atoms with E-state index >= 15 is 0 Å². The molecule has 1 aliphatic rings. The van der Waals surface area contributed by atoms with Crippen LogP contribution in [0.5, 0.6) is 0 Å². The van der Waals surface area contributed by atoms with E-state index in [-0.39, 0.29) is 6.54 Å². The Kier molecular flexibility index (Phi) is 3.42. The molecule has 2 rings (SSSR count). The number of urea groups is 1. The van der Waals surface area contributed by atoms with Crippen molar-refractivity contribution in [3.63, 3.8) is 0 Å². The van der Waals surface area contributed by atoms with E-state index in [0.29, 0.717) is 25.1 Å². The van der Waals surface area contributed by atoms with Crippen LogP contribution >= 0.6 is 0 Å². The van der Waals surface area contributed by atoms with Crippen molar-refractivity contribution in [1.82, 2.24) is 4.90 Å². The van der Waals surface area contributed by atoms with Gasteiger partial charge in [-0.2, -0.15) is 0 Å². The SMILES string of the molecule is O=C(Nc1cc(F)c(F)cc1F)N1CC[C@@H](O)C1. The number of nitrogens with one attached hydrogen (secondary N) is 1. The molecule has 98 valence electrons. The minimum Gasteiger partial charge on any atom is -0.391 e. The first-order chi connectivity index (χ1) is 8.47. The quantitative estimate of drug-likeness (QED) is 0.755. The number of anilines is 1. The zero-order valence-electron chi connectivity index (χ0n) is 9.29.